The van der Waals surface area contributed by atoms with Gasteiger partial charge in [0.2, 0.25) is 0 Å². The number of benzene rings is 1. The highest BCUT2D eigenvalue weighted by Crippen LogP contribution is 2.30. The van der Waals surface area contributed by atoms with Crippen LogP contribution in [0.3, 0.4) is 0 Å². The van der Waals surface area contributed by atoms with E-state index in [1.807, 2.05) is 26.0 Å². The fourth-order valence-corrected chi connectivity index (χ4v) is 4.68. The molecule has 1 N–H and O–H groups in total. The van der Waals surface area contributed by atoms with E-state index in [0.717, 1.165) is 23.4 Å². The van der Waals surface area contributed by atoms with Gasteiger partial charge < -0.3 is 10.2 Å². The maximum atomic E-state index is 13.0. The van der Waals surface area contributed by atoms with Crippen molar-refractivity contribution in [3.8, 4) is 5.69 Å². The van der Waals surface area contributed by atoms with Crippen molar-refractivity contribution in [3.63, 3.8) is 0 Å². The number of fused-ring (bicyclic) bond motifs is 1. The Bertz CT molecular complexity index is 801. The standard InChI is InChI=1S/C20H28N6O/c1-14-8-9-17(19(15(14)2)26-13-22-23-24-26)20(27)21-12-16-6-5-11-25-10-4-3-7-18(16)25/h8-9,13,16,18H,3-7,10-12H2,1-2H3,(H,21,27)/t16-,18-/m1/s1. The van der Waals surface area contributed by atoms with E-state index in [2.05, 4.69) is 25.7 Å². The van der Waals surface area contributed by atoms with Crippen LogP contribution in [-0.4, -0.2) is 56.7 Å². The Balaban J connectivity index is 1.51. The molecule has 1 aromatic heterocycles. The highest BCUT2D eigenvalue weighted by atomic mass is 16.1. The minimum absolute atomic E-state index is 0.0449. The summed E-state index contributed by atoms with van der Waals surface area (Å²) >= 11 is 0. The Hall–Kier alpha value is -2.28. The third kappa shape index (κ3) is 3.60. The van der Waals surface area contributed by atoms with Crippen LogP contribution in [0.5, 0.6) is 0 Å². The van der Waals surface area contributed by atoms with Crippen LogP contribution in [0.25, 0.3) is 5.69 Å². The normalized spacial score (nSPS) is 23.0. The molecule has 0 unspecified atom stereocenters. The molecule has 2 aliphatic heterocycles. The van der Waals surface area contributed by atoms with E-state index >= 15 is 0 Å². The number of rotatable bonds is 4. The zero-order valence-corrected chi connectivity index (χ0v) is 16.2. The predicted octanol–water partition coefficient (Wildman–Crippen LogP) is 2.27. The first-order chi connectivity index (χ1) is 13.1. The molecule has 7 heteroatoms. The van der Waals surface area contributed by atoms with Crippen LogP contribution in [-0.2, 0) is 0 Å². The van der Waals surface area contributed by atoms with Crippen LogP contribution in [0.15, 0.2) is 18.5 Å². The fourth-order valence-electron chi connectivity index (χ4n) is 4.68. The van der Waals surface area contributed by atoms with Gasteiger partial charge in [0.05, 0.1) is 11.3 Å². The highest BCUT2D eigenvalue weighted by Gasteiger charge is 2.33. The van der Waals surface area contributed by atoms with Crippen LogP contribution in [0, 0.1) is 19.8 Å². The molecular weight excluding hydrogens is 340 g/mol. The molecule has 0 radical (unpaired) electrons. The Morgan fingerprint density at radius 3 is 2.85 bits per heavy atom. The van der Waals surface area contributed by atoms with Crippen molar-refractivity contribution in [2.75, 3.05) is 19.6 Å². The largest absolute Gasteiger partial charge is 0.352 e. The Kier molecular flexibility index (Phi) is 5.20. The zero-order valence-electron chi connectivity index (χ0n) is 16.2. The van der Waals surface area contributed by atoms with E-state index in [9.17, 15) is 4.79 Å². The van der Waals surface area contributed by atoms with E-state index in [4.69, 9.17) is 0 Å². The van der Waals surface area contributed by atoms with Crippen molar-refractivity contribution in [2.45, 2.75) is 52.0 Å². The molecule has 2 aliphatic rings. The molecular formula is C20H28N6O. The predicted molar refractivity (Wildman–Crippen MR) is 103 cm³/mol. The smallest absolute Gasteiger partial charge is 0.253 e. The van der Waals surface area contributed by atoms with Gasteiger partial charge in [-0.1, -0.05) is 12.5 Å². The molecule has 0 bridgehead atoms. The van der Waals surface area contributed by atoms with Gasteiger partial charge in [-0.3, -0.25) is 4.79 Å². The lowest BCUT2D eigenvalue weighted by atomic mass is 9.83. The molecule has 2 saturated heterocycles. The van der Waals surface area contributed by atoms with Crippen LogP contribution < -0.4 is 5.32 Å². The van der Waals surface area contributed by atoms with Crippen LogP contribution >= 0.6 is 0 Å². The van der Waals surface area contributed by atoms with Gasteiger partial charge in [0.25, 0.3) is 5.91 Å². The van der Waals surface area contributed by atoms with Gasteiger partial charge in [-0.25, -0.2) is 0 Å². The number of hydrogen-bond donors (Lipinski definition) is 1. The molecule has 0 aliphatic carbocycles. The van der Waals surface area contributed by atoms with E-state index in [1.54, 1.807) is 11.0 Å². The molecule has 4 rings (SSSR count). The van der Waals surface area contributed by atoms with Gasteiger partial charge in [0.15, 0.2) is 0 Å². The monoisotopic (exact) mass is 368 g/mol. The number of amides is 1. The number of carbonyl (C=O) groups excluding carboxylic acids is 1. The Labute approximate surface area is 160 Å². The van der Waals surface area contributed by atoms with Gasteiger partial charge in [-0.15, -0.1) is 5.10 Å². The SMILES string of the molecule is Cc1ccc(C(=O)NC[C@H]2CCCN3CCCC[C@H]23)c(-n2cnnn2)c1C. The average Bonchev–Trinajstić information content (AvgIpc) is 3.22. The Morgan fingerprint density at radius 2 is 2.04 bits per heavy atom. The maximum Gasteiger partial charge on any atom is 0.253 e. The molecule has 7 nitrogen and oxygen atoms in total. The van der Waals surface area contributed by atoms with Crippen LogP contribution in [0.4, 0.5) is 0 Å². The first-order valence-electron chi connectivity index (χ1n) is 10.0. The first kappa shape index (κ1) is 18.1. The molecule has 2 fully saturated rings. The van der Waals surface area contributed by atoms with Gasteiger partial charge in [-0.05, 0) is 86.2 Å². The zero-order chi connectivity index (χ0) is 18.8. The number of nitrogens with one attached hydrogen (secondary N) is 1. The third-order valence-electron chi connectivity index (χ3n) is 6.28. The van der Waals surface area contributed by atoms with E-state index in [0.29, 0.717) is 17.5 Å². The Morgan fingerprint density at radius 1 is 1.19 bits per heavy atom. The van der Waals surface area contributed by atoms with Crippen molar-refractivity contribution in [1.82, 2.24) is 30.4 Å². The van der Waals surface area contributed by atoms with Crippen molar-refractivity contribution in [1.29, 1.82) is 0 Å². The topological polar surface area (TPSA) is 75.9 Å². The van der Waals surface area contributed by atoms with Crippen molar-refractivity contribution in [3.05, 3.63) is 35.2 Å². The molecule has 2 aromatic rings. The molecule has 1 aromatic carbocycles. The van der Waals surface area contributed by atoms with Gasteiger partial charge in [0.1, 0.15) is 6.33 Å². The second-order valence-electron chi connectivity index (χ2n) is 7.87. The summed E-state index contributed by atoms with van der Waals surface area (Å²) in [5, 5.41) is 14.7. The van der Waals surface area contributed by atoms with Crippen LogP contribution in [0.1, 0.15) is 53.6 Å². The molecule has 1 amide bonds. The summed E-state index contributed by atoms with van der Waals surface area (Å²) < 4.78 is 1.58. The molecule has 0 saturated carbocycles. The second kappa shape index (κ2) is 7.76. The number of tetrazole rings is 1. The summed E-state index contributed by atoms with van der Waals surface area (Å²) in [6.07, 6.45) is 7.87. The van der Waals surface area contributed by atoms with Crippen LogP contribution in [0.2, 0.25) is 0 Å². The summed E-state index contributed by atoms with van der Waals surface area (Å²) in [6.45, 7) is 7.21. The van der Waals surface area contributed by atoms with E-state index in [1.165, 1.54) is 45.2 Å². The molecule has 3 heterocycles. The lowest BCUT2D eigenvalue weighted by Gasteiger charge is -2.44. The molecule has 2 atom stereocenters. The van der Waals surface area contributed by atoms with Gasteiger partial charge in [-0.2, -0.15) is 4.68 Å². The summed E-state index contributed by atoms with van der Waals surface area (Å²) in [5.74, 6) is 0.502. The molecule has 144 valence electrons. The second-order valence-corrected chi connectivity index (χ2v) is 7.87. The quantitative estimate of drug-likeness (QED) is 0.896. The van der Waals surface area contributed by atoms with Crippen molar-refractivity contribution in [2.24, 2.45) is 5.92 Å². The maximum absolute atomic E-state index is 13.0. The summed E-state index contributed by atoms with van der Waals surface area (Å²) in [5.41, 5.74) is 3.52. The summed E-state index contributed by atoms with van der Waals surface area (Å²) in [4.78, 5) is 15.7. The first-order valence-corrected chi connectivity index (χ1v) is 10.0. The van der Waals surface area contributed by atoms with E-state index < -0.39 is 0 Å². The number of nitrogens with zero attached hydrogens (tertiary/aromatic N) is 5. The van der Waals surface area contributed by atoms with Gasteiger partial charge >= 0.3 is 0 Å². The minimum atomic E-state index is -0.0449. The third-order valence-corrected chi connectivity index (χ3v) is 6.28. The molecule has 27 heavy (non-hydrogen) atoms. The average molecular weight is 368 g/mol. The van der Waals surface area contributed by atoms with Crippen molar-refractivity contribution >= 4 is 5.91 Å². The van der Waals surface area contributed by atoms with E-state index in [-0.39, 0.29) is 5.91 Å². The number of piperidine rings is 2. The summed E-state index contributed by atoms with van der Waals surface area (Å²) in [7, 11) is 0. The summed E-state index contributed by atoms with van der Waals surface area (Å²) in [6, 6.07) is 4.50. The van der Waals surface area contributed by atoms with Gasteiger partial charge in [0, 0.05) is 12.6 Å². The highest BCUT2D eigenvalue weighted by molar-refractivity contribution is 5.98. The lowest BCUT2D eigenvalue weighted by Crippen LogP contribution is -2.51. The number of carbonyl (C=O) groups is 1. The fraction of sp³-hybridized carbons (Fsp3) is 0.600. The number of hydrogen-bond acceptors (Lipinski definition) is 5. The van der Waals surface area contributed by atoms with Crippen molar-refractivity contribution < 1.29 is 4.79 Å². The number of aromatic nitrogens is 4. The molecule has 0 spiro atoms. The lowest BCUT2D eigenvalue weighted by molar-refractivity contribution is 0.0575. The minimum Gasteiger partial charge on any atom is -0.352 e. The number of aryl methyl sites for hydroxylation is 1.